The van der Waals surface area contributed by atoms with Gasteiger partial charge in [0.1, 0.15) is 0 Å². The molecule has 0 atom stereocenters. The third-order valence-corrected chi connectivity index (χ3v) is 6.47. The number of H-pyrrole nitrogens is 1. The number of benzene rings is 1. The lowest BCUT2D eigenvalue weighted by Gasteiger charge is -2.15. The zero-order valence-corrected chi connectivity index (χ0v) is 15.5. The number of sulfonamides is 1. The van der Waals surface area contributed by atoms with E-state index in [2.05, 4.69) is 15.3 Å². The molecule has 0 spiro atoms. The first-order valence-electron chi connectivity index (χ1n) is 8.21. The number of carbonyl (C=O) groups is 1. The van der Waals surface area contributed by atoms with Crippen molar-refractivity contribution in [3.63, 3.8) is 0 Å². The van der Waals surface area contributed by atoms with Crippen molar-refractivity contribution in [1.29, 1.82) is 0 Å². The summed E-state index contributed by atoms with van der Waals surface area (Å²) in [4.78, 5) is 11.8. The molecule has 1 aromatic carbocycles. The van der Waals surface area contributed by atoms with Gasteiger partial charge in [-0.2, -0.15) is 10.2 Å². The van der Waals surface area contributed by atoms with Gasteiger partial charge in [-0.1, -0.05) is 0 Å². The quantitative estimate of drug-likeness (QED) is 0.696. The van der Waals surface area contributed by atoms with Gasteiger partial charge in [0, 0.05) is 30.9 Å². The summed E-state index contributed by atoms with van der Waals surface area (Å²) < 4.78 is 27.2. The summed E-state index contributed by atoms with van der Waals surface area (Å²) >= 11 is 0. The van der Waals surface area contributed by atoms with Gasteiger partial charge < -0.3 is 5.11 Å². The first-order chi connectivity index (χ1) is 12.8. The number of hydrogen-bond donors (Lipinski definition) is 2. The molecule has 2 heterocycles. The van der Waals surface area contributed by atoms with Crippen LogP contribution in [0.2, 0.25) is 0 Å². The zero-order valence-electron chi connectivity index (χ0n) is 14.7. The number of rotatable bonds is 4. The third kappa shape index (κ3) is 2.64. The standard InChI is InChI=1S/C17H17N5O4S/c1-21(2)27(25,26)11-5-3-10(4-6-11)22-16-12(15(20-22)17(23)24)7-8-14-13(16)9-18-19-14/h3-6,9H,7-8H2,1-2H3,(H,18,19)(H,23,24). The smallest absolute Gasteiger partial charge is 0.356 e. The molecule has 0 aliphatic heterocycles. The molecule has 1 aliphatic carbocycles. The second kappa shape index (κ2) is 6.03. The normalized spacial score (nSPS) is 13.4. The van der Waals surface area contributed by atoms with E-state index in [0.717, 1.165) is 15.6 Å². The fourth-order valence-electron chi connectivity index (χ4n) is 3.25. The van der Waals surface area contributed by atoms with Gasteiger partial charge in [0.2, 0.25) is 10.0 Å². The van der Waals surface area contributed by atoms with E-state index in [1.807, 2.05) is 0 Å². The van der Waals surface area contributed by atoms with Crippen molar-refractivity contribution in [2.75, 3.05) is 14.1 Å². The van der Waals surface area contributed by atoms with Crippen molar-refractivity contribution in [3.8, 4) is 16.9 Å². The molecule has 140 valence electrons. The van der Waals surface area contributed by atoms with Crippen LogP contribution >= 0.6 is 0 Å². The Morgan fingerprint density at radius 1 is 1.22 bits per heavy atom. The second-order valence-corrected chi connectivity index (χ2v) is 8.59. The van der Waals surface area contributed by atoms with Gasteiger partial charge in [-0.25, -0.2) is 22.2 Å². The molecule has 0 saturated carbocycles. The van der Waals surface area contributed by atoms with Crippen LogP contribution in [-0.2, 0) is 22.9 Å². The van der Waals surface area contributed by atoms with E-state index in [1.54, 1.807) is 23.0 Å². The highest BCUT2D eigenvalue weighted by molar-refractivity contribution is 7.89. The maximum absolute atomic E-state index is 12.2. The van der Waals surface area contributed by atoms with Crippen LogP contribution in [0.15, 0.2) is 35.4 Å². The fourth-order valence-corrected chi connectivity index (χ4v) is 4.15. The predicted octanol–water partition coefficient (Wildman–Crippen LogP) is 1.31. The number of nitrogens with zero attached hydrogens (tertiary/aromatic N) is 4. The molecule has 0 saturated heterocycles. The largest absolute Gasteiger partial charge is 0.476 e. The number of fused-ring (bicyclic) bond motifs is 3. The van der Waals surface area contributed by atoms with Gasteiger partial charge >= 0.3 is 5.97 Å². The maximum atomic E-state index is 12.2. The van der Waals surface area contributed by atoms with E-state index in [-0.39, 0.29) is 10.6 Å². The highest BCUT2D eigenvalue weighted by atomic mass is 32.2. The van der Waals surface area contributed by atoms with Crippen molar-refractivity contribution in [2.24, 2.45) is 0 Å². The van der Waals surface area contributed by atoms with Gasteiger partial charge in [-0.3, -0.25) is 5.10 Å². The first kappa shape index (κ1) is 17.4. The van der Waals surface area contributed by atoms with Crippen molar-refractivity contribution in [1.82, 2.24) is 24.3 Å². The minimum Gasteiger partial charge on any atom is -0.476 e. The van der Waals surface area contributed by atoms with Crippen LogP contribution in [0, 0.1) is 0 Å². The van der Waals surface area contributed by atoms with E-state index >= 15 is 0 Å². The van der Waals surface area contributed by atoms with Crippen molar-refractivity contribution in [3.05, 3.63) is 47.4 Å². The van der Waals surface area contributed by atoms with Gasteiger partial charge in [-0.05, 0) is 37.1 Å². The van der Waals surface area contributed by atoms with Crippen LogP contribution in [-0.4, -0.2) is 57.9 Å². The minimum atomic E-state index is -3.55. The number of aryl methyl sites for hydroxylation is 1. The van der Waals surface area contributed by atoms with Gasteiger partial charge in [0.25, 0.3) is 0 Å². The number of nitrogens with one attached hydrogen (secondary N) is 1. The first-order valence-corrected chi connectivity index (χ1v) is 9.65. The summed E-state index contributed by atoms with van der Waals surface area (Å²) in [5, 5.41) is 20.8. The topological polar surface area (TPSA) is 121 Å². The highest BCUT2D eigenvalue weighted by Gasteiger charge is 2.30. The van der Waals surface area contributed by atoms with Gasteiger partial charge in [-0.15, -0.1) is 0 Å². The van der Waals surface area contributed by atoms with E-state index in [1.165, 1.54) is 26.2 Å². The Morgan fingerprint density at radius 2 is 1.93 bits per heavy atom. The molecular weight excluding hydrogens is 370 g/mol. The van der Waals surface area contributed by atoms with E-state index in [4.69, 9.17) is 0 Å². The number of aromatic carboxylic acids is 1. The molecule has 10 heteroatoms. The molecule has 0 amide bonds. The number of hydrogen-bond acceptors (Lipinski definition) is 5. The average molecular weight is 387 g/mol. The Balaban J connectivity index is 1.88. The Kier molecular flexibility index (Phi) is 3.89. The van der Waals surface area contributed by atoms with Gasteiger partial charge in [0.15, 0.2) is 5.69 Å². The molecule has 4 rings (SSSR count). The Bertz CT molecular complexity index is 1140. The summed E-state index contributed by atoms with van der Waals surface area (Å²) in [6.07, 6.45) is 2.86. The number of aromatic nitrogens is 4. The van der Waals surface area contributed by atoms with Crippen LogP contribution in [0.4, 0.5) is 0 Å². The average Bonchev–Trinajstić information content (AvgIpc) is 3.25. The second-order valence-electron chi connectivity index (χ2n) is 6.44. The summed E-state index contributed by atoms with van der Waals surface area (Å²) in [5.41, 5.74) is 3.63. The van der Waals surface area contributed by atoms with Crippen LogP contribution in [0.1, 0.15) is 21.7 Å². The monoisotopic (exact) mass is 387 g/mol. The summed E-state index contributed by atoms with van der Waals surface area (Å²) in [5.74, 6) is -1.09. The lowest BCUT2D eigenvalue weighted by Crippen LogP contribution is -2.22. The fraction of sp³-hybridized carbons (Fsp3) is 0.235. The molecule has 2 N–H and O–H groups in total. The van der Waals surface area contributed by atoms with Crippen LogP contribution in [0.5, 0.6) is 0 Å². The van der Waals surface area contributed by atoms with Crippen molar-refractivity contribution >= 4 is 16.0 Å². The van der Waals surface area contributed by atoms with Crippen LogP contribution in [0.3, 0.4) is 0 Å². The van der Waals surface area contributed by atoms with Gasteiger partial charge in [0.05, 0.1) is 22.5 Å². The molecular formula is C17H17N5O4S. The summed E-state index contributed by atoms with van der Waals surface area (Å²) in [6.45, 7) is 0. The molecule has 9 nitrogen and oxygen atoms in total. The van der Waals surface area contributed by atoms with E-state index in [0.29, 0.717) is 29.8 Å². The van der Waals surface area contributed by atoms with Crippen LogP contribution in [0.25, 0.3) is 16.9 Å². The van der Waals surface area contributed by atoms with Crippen molar-refractivity contribution in [2.45, 2.75) is 17.7 Å². The number of carboxylic acids is 1. The minimum absolute atomic E-state index is 0.00170. The summed E-state index contributed by atoms with van der Waals surface area (Å²) in [7, 11) is -0.617. The Morgan fingerprint density at radius 3 is 2.56 bits per heavy atom. The number of aromatic amines is 1. The molecule has 0 radical (unpaired) electrons. The lowest BCUT2D eigenvalue weighted by molar-refractivity contribution is 0.0688. The van der Waals surface area contributed by atoms with Crippen LogP contribution < -0.4 is 0 Å². The summed E-state index contributed by atoms with van der Waals surface area (Å²) in [6, 6.07) is 6.20. The maximum Gasteiger partial charge on any atom is 0.356 e. The van der Waals surface area contributed by atoms with E-state index < -0.39 is 16.0 Å². The lowest BCUT2D eigenvalue weighted by atomic mass is 9.94. The van der Waals surface area contributed by atoms with E-state index in [9.17, 15) is 18.3 Å². The molecule has 0 unspecified atom stereocenters. The Hall–Kier alpha value is -2.98. The SMILES string of the molecule is CN(C)S(=O)(=O)c1ccc(-n2nc(C(=O)O)c3c2-c2cn[nH]c2CC3)cc1. The Labute approximate surface area is 155 Å². The zero-order chi connectivity index (χ0) is 19.3. The third-order valence-electron chi connectivity index (χ3n) is 4.64. The molecule has 2 aromatic heterocycles. The van der Waals surface area contributed by atoms with Crippen molar-refractivity contribution < 1.29 is 18.3 Å². The highest BCUT2D eigenvalue weighted by Crippen LogP contribution is 2.36. The number of carboxylic acid groups (broad SMARTS) is 1. The molecule has 0 fully saturated rings. The molecule has 0 bridgehead atoms. The molecule has 27 heavy (non-hydrogen) atoms. The molecule has 1 aliphatic rings. The molecule has 3 aromatic rings. The predicted molar refractivity (Wildman–Crippen MR) is 96.4 cm³/mol.